The molecule has 1 amide bonds. The van der Waals surface area contributed by atoms with Gasteiger partial charge in [0.1, 0.15) is 0 Å². The molecule has 22 heavy (non-hydrogen) atoms. The van der Waals surface area contributed by atoms with Crippen LogP contribution in [0.3, 0.4) is 0 Å². The van der Waals surface area contributed by atoms with E-state index in [2.05, 4.69) is 10.5 Å². The van der Waals surface area contributed by atoms with Gasteiger partial charge in [-0.3, -0.25) is 4.79 Å². The fraction of sp³-hybridized carbons (Fsp3) is 0.692. The smallest absolute Gasteiger partial charge is 0.290 e. The second kappa shape index (κ2) is 5.98. The van der Waals surface area contributed by atoms with Gasteiger partial charge in [-0.25, -0.2) is 8.42 Å². The lowest BCUT2D eigenvalue weighted by Crippen LogP contribution is -2.61. The first-order chi connectivity index (χ1) is 10.4. The maximum atomic E-state index is 12.1. The Morgan fingerprint density at radius 3 is 2.95 bits per heavy atom. The number of hydrogen-bond donors (Lipinski definition) is 1. The van der Waals surface area contributed by atoms with E-state index in [1.807, 2.05) is 0 Å². The van der Waals surface area contributed by atoms with Crippen molar-refractivity contribution in [3.63, 3.8) is 0 Å². The topological polar surface area (TPSA) is 102 Å². The molecule has 2 aliphatic rings. The van der Waals surface area contributed by atoms with Crippen molar-refractivity contribution in [2.24, 2.45) is 5.92 Å². The van der Waals surface area contributed by atoms with Crippen LogP contribution in [0.5, 0.6) is 0 Å². The van der Waals surface area contributed by atoms with E-state index >= 15 is 0 Å². The Hall–Kier alpha value is -1.45. The summed E-state index contributed by atoms with van der Waals surface area (Å²) >= 11 is 0. The summed E-state index contributed by atoms with van der Waals surface area (Å²) in [6.07, 6.45) is 4.20. The van der Waals surface area contributed by atoms with Crippen molar-refractivity contribution in [1.82, 2.24) is 14.8 Å². The SMILES string of the molecule is CS(=O)(=O)N1C[C@@H]2CCCO[C@@H]2[C@H](NC(=O)c2ccno2)C1. The number of sulfonamides is 1. The number of piperidine rings is 1. The van der Waals surface area contributed by atoms with Crippen LogP contribution in [-0.2, 0) is 14.8 Å². The van der Waals surface area contributed by atoms with Gasteiger partial charge in [0.2, 0.25) is 15.8 Å². The summed E-state index contributed by atoms with van der Waals surface area (Å²) in [5.41, 5.74) is 0. The van der Waals surface area contributed by atoms with E-state index in [-0.39, 0.29) is 24.3 Å². The standard InChI is InChI=1S/C13H19N3O5S/c1-22(18,19)16-7-9-3-2-6-20-12(9)10(8-16)15-13(17)11-4-5-14-21-11/h4-5,9-10,12H,2-3,6-8H2,1H3,(H,15,17)/t9-,10+,12-/m0/s1. The van der Waals surface area contributed by atoms with Crippen LogP contribution < -0.4 is 5.32 Å². The third kappa shape index (κ3) is 3.16. The Labute approximate surface area is 128 Å². The summed E-state index contributed by atoms with van der Waals surface area (Å²) in [4.78, 5) is 12.1. The molecule has 3 heterocycles. The molecule has 8 nitrogen and oxygen atoms in total. The Morgan fingerprint density at radius 2 is 2.27 bits per heavy atom. The molecule has 0 spiro atoms. The van der Waals surface area contributed by atoms with Gasteiger partial charge in [0.05, 0.1) is 24.6 Å². The van der Waals surface area contributed by atoms with Crippen molar-refractivity contribution in [2.75, 3.05) is 26.0 Å². The lowest BCUT2D eigenvalue weighted by atomic mass is 9.86. The molecule has 2 saturated heterocycles. The molecule has 1 N–H and O–H groups in total. The minimum absolute atomic E-state index is 0.0947. The molecule has 0 bridgehead atoms. The molecule has 1 aromatic heterocycles. The zero-order valence-electron chi connectivity index (χ0n) is 12.3. The highest BCUT2D eigenvalue weighted by molar-refractivity contribution is 7.88. The minimum Gasteiger partial charge on any atom is -0.376 e. The third-order valence-electron chi connectivity index (χ3n) is 4.18. The number of nitrogens with one attached hydrogen (secondary N) is 1. The Kier molecular flexibility index (Phi) is 4.20. The van der Waals surface area contributed by atoms with E-state index in [1.165, 1.54) is 22.8 Å². The van der Waals surface area contributed by atoms with Gasteiger partial charge in [-0.05, 0) is 12.8 Å². The van der Waals surface area contributed by atoms with Crippen LogP contribution >= 0.6 is 0 Å². The first-order valence-electron chi connectivity index (χ1n) is 7.23. The van der Waals surface area contributed by atoms with Crippen molar-refractivity contribution >= 4 is 15.9 Å². The van der Waals surface area contributed by atoms with Gasteiger partial charge in [-0.2, -0.15) is 4.31 Å². The highest BCUT2D eigenvalue weighted by Gasteiger charge is 2.42. The van der Waals surface area contributed by atoms with Crippen molar-refractivity contribution < 1.29 is 22.5 Å². The molecule has 0 radical (unpaired) electrons. The van der Waals surface area contributed by atoms with E-state index in [4.69, 9.17) is 9.26 Å². The molecular formula is C13H19N3O5S. The predicted molar refractivity (Wildman–Crippen MR) is 76.6 cm³/mol. The van der Waals surface area contributed by atoms with Crippen LogP contribution in [0.15, 0.2) is 16.8 Å². The molecule has 122 valence electrons. The normalized spacial score (nSPS) is 29.8. The predicted octanol–water partition coefficient (Wildman–Crippen LogP) is -0.157. The number of ether oxygens (including phenoxy) is 1. The van der Waals surface area contributed by atoms with Gasteiger partial charge in [0, 0.05) is 31.7 Å². The number of fused-ring (bicyclic) bond motifs is 1. The van der Waals surface area contributed by atoms with E-state index < -0.39 is 22.0 Å². The van der Waals surface area contributed by atoms with Gasteiger partial charge >= 0.3 is 0 Å². The zero-order valence-corrected chi connectivity index (χ0v) is 13.1. The van der Waals surface area contributed by atoms with Gasteiger partial charge < -0.3 is 14.6 Å². The number of aromatic nitrogens is 1. The third-order valence-corrected chi connectivity index (χ3v) is 5.41. The molecule has 0 aromatic carbocycles. The molecule has 0 aliphatic carbocycles. The number of rotatable bonds is 3. The van der Waals surface area contributed by atoms with Gasteiger partial charge in [0.25, 0.3) is 5.91 Å². The fourth-order valence-corrected chi connectivity index (χ4v) is 4.03. The first-order valence-corrected chi connectivity index (χ1v) is 9.08. The monoisotopic (exact) mass is 329 g/mol. The molecule has 2 fully saturated rings. The van der Waals surface area contributed by atoms with Crippen LogP contribution in [0.25, 0.3) is 0 Å². The number of carbonyl (C=O) groups excluding carboxylic acids is 1. The minimum atomic E-state index is -3.31. The molecule has 3 atom stereocenters. The molecular weight excluding hydrogens is 310 g/mol. The fourth-order valence-electron chi connectivity index (χ4n) is 3.14. The number of amides is 1. The van der Waals surface area contributed by atoms with Gasteiger partial charge in [-0.15, -0.1) is 0 Å². The largest absolute Gasteiger partial charge is 0.376 e. The lowest BCUT2D eigenvalue weighted by Gasteiger charge is -2.44. The van der Waals surface area contributed by atoms with Crippen molar-refractivity contribution in [3.8, 4) is 0 Å². The molecule has 0 saturated carbocycles. The molecule has 3 rings (SSSR count). The summed E-state index contributed by atoms with van der Waals surface area (Å²) in [5.74, 6) is -0.216. The molecule has 2 aliphatic heterocycles. The summed E-state index contributed by atoms with van der Waals surface area (Å²) < 4.78 is 35.8. The Morgan fingerprint density at radius 1 is 1.45 bits per heavy atom. The number of carbonyl (C=O) groups is 1. The second-order valence-electron chi connectivity index (χ2n) is 5.77. The van der Waals surface area contributed by atoms with Crippen molar-refractivity contribution in [1.29, 1.82) is 0 Å². The first kappa shape index (κ1) is 15.4. The summed E-state index contributed by atoms with van der Waals surface area (Å²) in [6.45, 7) is 1.28. The average molecular weight is 329 g/mol. The van der Waals surface area contributed by atoms with Gasteiger partial charge in [-0.1, -0.05) is 5.16 Å². The highest BCUT2D eigenvalue weighted by atomic mass is 32.2. The molecule has 9 heteroatoms. The highest BCUT2D eigenvalue weighted by Crippen LogP contribution is 2.29. The van der Waals surface area contributed by atoms with Crippen LogP contribution in [0, 0.1) is 5.92 Å². The maximum Gasteiger partial charge on any atom is 0.290 e. The van der Waals surface area contributed by atoms with Crippen LogP contribution in [0.2, 0.25) is 0 Å². The summed E-state index contributed by atoms with van der Waals surface area (Å²) in [7, 11) is -3.31. The van der Waals surface area contributed by atoms with Crippen LogP contribution in [0.4, 0.5) is 0 Å². The average Bonchev–Trinajstić information content (AvgIpc) is 3.00. The lowest BCUT2D eigenvalue weighted by molar-refractivity contribution is -0.0706. The Bertz CT molecular complexity index is 630. The van der Waals surface area contributed by atoms with Crippen molar-refractivity contribution in [2.45, 2.75) is 25.0 Å². The van der Waals surface area contributed by atoms with E-state index in [1.54, 1.807) is 0 Å². The number of hydrogen-bond acceptors (Lipinski definition) is 6. The molecule has 1 aromatic rings. The van der Waals surface area contributed by atoms with E-state index in [0.717, 1.165) is 12.8 Å². The summed E-state index contributed by atoms with van der Waals surface area (Å²) in [5, 5.41) is 6.32. The van der Waals surface area contributed by atoms with Crippen LogP contribution in [-0.4, -0.2) is 61.9 Å². The second-order valence-corrected chi connectivity index (χ2v) is 7.76. The summed E-state index contributed by atoms with van der Waals surface area (Å²) in [6, 6.07) is 1.07. The maximum absolute atomic E-state index is 12.1. The van der Waals surface area contributed by atoms with Crippen molar-refractivity contribution in [3.05, 3.63) is 18.0 Å². The zero-order chi connectivity index (χ0) is 15.7. The van der Waals surface area contributed by atoms with Gasteiger partial charge in [0.15, 0.2) is 0 Å². The number of nitrogens with zero attached hydrogens (tertiary/aromatic N) is 2. The molecule has 0 unspecified atom stereocenters. The van der Waals surface area contributed by atoms with Crippen LogP contribution in [0.1, 0.15) is 23.4 Å². The van der Waals surface area contributed by atoms with E-state index in [0.29, 0.717) is 13.2 Å². The van der Waals surface area contributed by atoms with E-state index in [9.17, 15) is 13.2 Å². The Balaban J connectivity index is 1.78. The quantitative estimate of drug-likeness (QED) is 0.827.